The van der Waals surface area contributed by atoms with Crippen LogP contribution in [0.3, 0.4) is 0 Å². The lowest BCUT2D eigenvalue weighted by atomic mass is 10.1. The van der Waals surface area contributed by atoms with Crippen LogP contribution < -0.4 is 16.1 Å². The van der Waals surface area contributed by atoms with Crippen LogP contribution in [0.15, 0.2) is 74.7 Å². The number of benzene rings is 2. The number of hydrogen-bond acceptors (Lipinski definition) is 6. The van der Waals surface area contributed by atoms with E-state index in [4.69, 9.17) is 8.84 Å². The van der Waals surface area contributed by atoms with E-state index in [1.807, 2.05) is 44.8 Å². The number of alkyl halides is 6. The van der Waals surface area contributed by atoms with Gasteiger partial charge < -0.3 is 13.7 Å². The molecule has 1 aliphatic heterocycles. The van der Waals surface area contributed by atoms with E-state index in [0.29, 0.717) is 5.56 Å². The first-order chi connectivity index (χ1) is 24.6. The van der Waals surface area contributed by atoms with Crippen molar-refractivity contribution >= 4 is 14.0 Å². The Kier molecular flexibility index (Phi) is 11.3. The number of hydrogen-bond donors (Lipinski definition) is 0. The van der Waals surface area contributed by atoms with Crippen LogP contribution >= 0.6 is 0 Å². The van der Waals surface area contributed by atoms with Gasteiger partial charge in [-0.2, -0.15) is 26.3 Å². The molecule has 1 saturated heterocycles. The van der Waals surface area contributed by atoms with Gasteiger partial charge >= 0.3 is 18.0 Å². The maximum Gasteiger partial charge on any atom is 0.449 e. The second-order valence-electron chi connectivity index (χ2n) is 14.8. The van der Waals surface area contributed by atoms with Gasteiger partial charge in [0.25, 0.3) is 5.56 Å². The molecule has 53 heavy (non-hydrogen) atoms. The Bertz CT molecular complexity index is 2020. The van der Waals surface area contributed by atoms with E-state index >= 15 is 4.39 Å². The highest BCUT2D eigenvalue weighted by Gasteiger charge is 2.41. The third-order valence-corrected chi connectivity index (χ3v) is 14.7. The first-order valence-electron chi connectivity index (χ1n) is 17.1. The quantitative estimate of drug-likeness (QED) is 0.120. The van der Waals surface area contributed by atoms with Gasteiger partial charge in [0.05, 0.1) is 31.3 Å². The van der Waals surface area contributed by atoms with E-state index in [2.05, 4.69) is 0 Å². The second-order valence-corrected chi connectivity index (χ2v) is 19.5. The largest absolute Gasteiger partial charge is 0.455 e. The number of rotatable bonds is 10. The smallest absolute Gasteiger partial charge is 0.449 e. The maximum atomic E-state index is 15.2. The Labute approximate surface area is 303 Å². The summed E-state index contributed by atoms with van der Waals surface area (Å²) in [5, 5.41) is -0.258. The van der Waals surface area contributed by atoms with Crippen molar-refractivity contribution in [3.8, 4) is 0 Å². The molecule has 0 radical (unpaired) electrons. The van der Waals surface area contributed by atoms with Crippen molar-refractivity contribution in [2.24, 2.45) is 0 Å². The second kappa shape index (κ2) is 14.9. The fourth-order valence-electron chi connectivity index (χ4n) is 6.18. The minimum Gasteiger partial charge on any atom is -0.455 e. The Morgan fingerprint density at radius 1 is 0.811 bits per heavy atom. The summed E-state index contributed by atoms with van der Waals surface area (Å²) in [6.45, 7) is 11.5. The summed E-state index contributed by atoms with van der Waals surface area (Å²) >= 11 is 0. The molecule has 4 aromatic rings. The molecule has 1 fully saturated rings. The van der Waals surface area contributed by atoms with Gasteiger partial charge in [0.15, 0.2) is 8.32 Å². The van der Waals surface area contributed by atoms with Crippen molar-refractivity contribution in [1.82, 2.24) is 14.0 Å². The molecule has 1 aliphatic rings. The van der Waals surface area contributed by atoms with E-state index in [1.54, 1.807) is 29.2 Å². The van der Waals surface area contributed by atoms with Gasteiger partial charge in [-0.25, -0.2) is 9.18 Å². The van der Waals surface area contributed by atoms with Crippen LogP contribution in [0.1, 0.15) is 60.8 Å². The lowest BCUT2D eigenvalue weighted by Gasteiger charge is -2.40. The Morgan fingerprint density at radius 2 is 1.45 bits per heavy atom. The van der Waals surface area contributed by atoms with Gasteiger partial charge in [0.2, 0.25) is 5.76 Å². The molecular formula is C37H43F7N4O4Si. The summed E-state index contributed by atoms with van der Waals surface area (Å²) in [4.78, 5) is 32.4. The summed E-state index contributed by atoms with van der Waals surface area (Å²) in [7, 11) is -2.54. The van der Waals surface area contributed by atoms with Crippen LogP contribution in [0.2, 0.25) is 18.1 Å². The first-order valence-corrected chi connectivity index (χ1v) is 20.0. The zero-order valence-corrected chi connectivity index (χ0v) is 31.4. The summed E-state index contributed by atoms with van der Waals surface area (Å²) in [6.07, 6.45) is -10.3. The minimum absolute atomic E-state index is 0.0449. The molecule has 0 bridgehead atoms. The van der Waals surface area contributed by atoms with Gasteiger partial charge in [-0.05, 0) is 54.9 Å². The molecular weight excluding hydrogens is 726 g/mol. The van der Waals surface area contributed by atoms with Gasteiger partial charge in [-0.3, -0.25) is 18.8 Å². The topological polar surface area (TPSA) is 72.8 Å². The van der Waals surface area contributed by atoms with E-state index < -0.39 is 67.3 Å². The third kappa shape index (κ3) is 8.81. The van der Waals surface area contributed by atoms with Crippen LogP contribution in [0.25, 0.3) is 0 Å². The van der Waals surface area contributed by atoms with Gasteiger partial charge in [-0.15, -0.1) is 0 Å². The lowest BCUT2D eigenvalue weighted by molar-refractivity contribution is -0.153. The van der Waals surface area contributed by atoms with Crippen LogP contribution in [0.5, 0.6) is 0 Å². The molecule has 0 aliphatic carbocycles. The van der Waals surface area contributed by atoms with Crippen LogP contribution in [0.4, 0.5) is 36.4 Å². The molecule has 8 nitrogen and oxygen atoms in total. The molecule has 2 aromatic heterocycles. The van der Waals surface area contributed by atoms with Crippen molar-refractivity contribution in [2.45, 2.75) is 83.9 Å². The molecule has 0 unspecified atom stereocenters. The first kappa shape index (κ1) is 40.0. The standard InChI is InChI=1S/C37H43F7N4O4Si/c1-24-32(46-19-17-45(18-20-46)21-26-15-16-31(51-26)37(42,43)44)33(49)48(23-30(25-11-8-7-9-12-25)52-53(5,6)35(2,3)4)34(50)47(24)22-27-28(36(39,40)41)13-10-14-29(27)38/h7-16,30H,17-23H2,1-6H3/t30-/m1/s1. The van der Waals surface area contributed by atoms with Crippen LogP contribution in [-0.4, -0.2) is 48.5 Å². The Hall–Kier alpha value is -4.15. The number of nitrogens with zero attached hydrogens (tertiary/aromatic N) is 4. The van der Waals surface area contributed by atoms with Crippen molar-refractivity contribution in [3.05, 3.63) is 121 Å². The molecule has 288 valence electrons. The zero-order chi connectivity index (χ0) is 39.1. The van der Waals surface area contributed by atoms with Crippen molar-refractivity contribution in [2.75, 3.05) is 31.1 Å². The summed E-state index contributed by atoms with van der Waals surface area (Å²) in [5.74, 6) is -2.16. The van der Waals surface area contributed by atoms with E-state index in [9.17, 15) is 35.9 Å². The van der Waals surface area contributed by atoms with E-state index in [0.717, 1.165) is 33.4 Å². The van der Waals surface area contributed by atoms with Crippen LogP contribution in [0, 0.1) is 12.7 Å². The molecule has 0 N–H and O–H groups in total. The Balaban J connectivity index is 1.58. The number of anilines is 1. The lowest BCUT2D eigenvalue weighted by Crippen LogP contribution is -2.51. The van der Waals surface area contributed by atoms with Gasteiger partial charge in [0, 0.05) is 37.4 Å². The van der Waals surface area contributed by atoms with E-state index in [-0.39, 0.29) is 61.4 Å². The predicted molar refractivity (Wildman–Crippen MR) is 189 cm³/mol. The number of halogens is 7. The third-order valence-electron chi connectivity index (χ3n) is 10.2. The summed E-state index contributed by atoms with van der Waals surface area (Å²) < 4.78 is 110. The van der Waals surface area contributed by atoms with Gasteiger partial charge in [0.1, 0.15) is 17.3 Å². The maximum absolute atomic E-state index is 15.2. The SMILES string of the molecule is Cc1c(N2CCN(Cc3ccc(C(F)(F)F)o3)CC2)c(=O)n(C[C@@H](O[Si](C)(C)C(C)(C)C)c2ccccc2)c(=O)n1Cc1c(F)cccc1C(F)(F)F. The molecule has 2 aromatic carbocycles. The van der Waals surface area contributed by atoms with Gasteiger partial charge in [-0.1, -0.05) is 57.2 Å². The fourth-order valence-corrected chi connectivity index (χ4v) is 7.46. The highest BCUT2D eigenvalue weighted by Crippen LogP contribution is 2.40. The molecule has 1 atom stereocenters. The van der Waals surface area contributed by atoms with Crippen molar-refractivity contribution < 1.29 is 39.6 Å². The Morgan fingerprint density at radius 3 is 2.02 bits per heavy atom. The molecule has 0 saturated carbocycles. The van der Waals surface area contributed by atoms with Crippen molar-refractivity contribution in [1.29, 1.82) is 0 Å². The highest BCUT2D eigenvalue weighted by molar-refractivity contribution is 6.74. The molecule has 3 heterocycles. The minimum atomic E-state index is -4.92. The normalized spacial score (nSPS) is 15.6. The number of aromatic nitrogens is 2. The average molecular weight is 769 g/mol. The van der Waals surface area contributed by atoms with E-state index in [1.165, 1.54) is 13.0 Å². The highest BCUT2D eigenvalue weighted by atomic mass is 28.4. The number of furan rings is 1. The summed E-state index contributed by atoms with van der Waals surface area (Å²) in [5.41, 5.74) is -2.83. The molecule has 5 rings (SSSR count). The van der Waals surface area contributed by atoms with Crippen molar-refractivity contribution in [3.63, 3.8) is 0 Å². The van der Waals surface area contributed by atoms with Crippen LogP contribution in [-0.2, 0) is 36.4 Å². The summed E-state index contributed by atoms with van der Waals surface area (Å²) in [6, 6.07) is 13.7. The molecule has 0 amide bonds. The number of piperazine rings is 1. The molecule has 0 spiro atoms. The predicted octanol–water partition coefficient (Wildman–Crippen LogP) is 8.22. The fraction of sp³-hybridized carbons (Fsp3) is 0.459. The molecule has 16 heteroatoms. The zero-order valence-electron chi connectivity index (χ0n) is 30.4. The average Bonchev–Trinajstić information content (AvgIpc) is 3.54. The monoisotopic (exact) mass is 768 g/mol.